The largest absolute Gasteiger partial charge is 0.462 e. The van der Waals surface area contributed by atoms with Crippen LogP contribution in [0.3, 0.4) is 0 Å². The summed E-state index contributed by atoms with van der Waals surface area (Å²) >= 11 is 0. The number of carbonyl (C=O) groups excluding carboxylic acids is 4. The van der Waals surface area contributed by atoms with E-state index in [1.807, 2.05) is 60.7 Å². The summed E-state index contributed by atoms with van der Waals surface area (Å²) in [5, 5.41) is 17.9. The Labute approximate surface area is 253 Å². The average Bonchev–Trinajstić information content (AvgIpc) is 2.99. The van der Waals surface area contributed by atoms with Crippen molar-refractivity contribution in [1.29, 1.82) is 0 Å². The predicted molar refractivity (Wildman–Crippen MR) is 164 cm³/mol. The molecule has 3 atom stereocenters. The molecule has 43 heavy (non-hydrogen) atoms. The van der Waals surface area contributed by atoms with E-state index in [1.165, 1.54) is 6.08 Å². The van der Waals surface area contributed by atoms with Crippen LogP contribution in [-0.4, -0.2) is 59.8 Å². The number of hydrogen-bond acceptors (Lipinski definition) is 7. The fourth-order valence-electron chi connectivity index (χ4n) is 4.17. The second-order valence-electron chi connectivity index (χ2n) is 10.8. The van der Waals surface area contributed by atoms with Crippen LogP contribution in [0.5, 0.6) is 0 Å². The molecule has 0 saturated heterocycles. The summed E-state index contributed by atoms with van der Waals surface area (Å²) in [7, 11) is 0. The molecule has 0 aromatic heterocycles. The van der Waals surface area contributed by atoms with Crippen molar-refractivity contribution < 1.29 is 33.8 Å². The zero-order valence-electron chi connectivity index (χ0n) is 24.9. The number of alkyl carbamates (subject to hydrolysis) is 1. The Morgan fingerprint density at radius 1 is 0.884 bits per heavy atom. The number of allylic oxidation sites excluding steroid dienone is 1. The molecule has 0 aliphatic carbocycles. The summed E-state index contributed by atoms with van der Waals surface area (Å²) in [4.78, 5) is 50.9. The lowest BCUT2D eigenvalue weighted by molar-refractivity contribution is -0.149. The van der Waals surface area contributed by atoms with Gasteiger partial charge >= 0.3 is 12.1 Å². The third-order valence-corrected chi connectivity index (χ3v) is 6.39. The van der Waals surface area contributed by atoms with E-state index < -0.39 is 41.5 Å². The van der Waals surface area contributed by atoms with Gasteiger partial charge in [-0.05, 0) is 44.2 Å². The van der Waals surface area contributed by atoms with Crippen LogP contribution in [0, 0.1) is 5.92 Å². The van der Waals surface area contributed by atoms with Crippen LogP contribution in [-0.2, 0) is 36.9 Å². The molecule has 4 N–H and O–H groups in total. The Bertz CT molecular complexity index is 1200. The zero-order valence-corrected chi connectivity index (χ0v) is 24.9. The van der Waals surface area contributed by atoms with Crippen LogP contribution in [0.4, 0.5) is 4.79 Å². The van der Waals surface area contributed by atoms with Crippen molar-refractivity contribution in [2.75, 3.05) is 13.2 Å². The second-order valence-corrected chi connectivity index (χ2v) is 10.8. The van der Waals surface area contributed by atoms with Crippen molar-refractivity contribution in [3.63, 3.8) is 0 Å². The molecule has 0 radical (unpaired) electrons. The van der Waals surface area contributed by atoms with Gasteiger partial charge in [-0.25, -0.2) is 9.59 Å². The molecule has 0 spiro atoms. The molecule has 3 amide bonds. The third kappa shape index (κ3) is 13.4. The number of carbonyl (C=O) groups is 4. The SMILES string of the molecule is C=CC[C@H](CC(=O)N[C@@H](CO)Cc1ccccc1)C(=O)NC(C)(C)COC(=O)[C@@H](CC=C)NC(=O)OCc1ccccc1. The molecule has 0 aliphatic rings. The number of aliphatic hydroxyl groups is 1. The number of aliphatic hydroxyl groups excluding tert-OH is 1. The van der Waals surface area contributed by atoms with Crippen molar-refractivity contribution in [2.24, 2.45) is 5.92 Å². The normalized spacial score (nSPS) is 13.0. The highest BCUT2D eigenvalue weighted by Gasteiger charge is 2.30. The zero-order chi connectivity index (χ0) is 31.7. The first-order chi connectivity index (χ1) is 20.6. The van der Waals surface area contributed by atoms with Crippen LogP contribution >= 0.6 is 0 Å². The maximum absolute atomic E-state index is 13.1. The lowest BCUT2D eigenvalue weighted by Gasteiger charge is -2.29. The molecule has 0 aliphatic heterocycles. The highest BCUT2D eigenvalue weighted by molar-refractivity contribution is 5.86. The average molecular weight is 594 g/mol. The van der Waals surface area contributed by atoms with Gasteiger partial charge in [-0.2, -0.15) is 0 Å². The van der Waals surface area contributed by atoms with Gasteiger partial charge in [-0.15, -0.1) is 13.2 Å². The highest BCUT2D eigenvalue weighted by Crippen LogP contribution is 2.14. The van der Waals surface area contributed by atoms with Crippen molar-refractivity contribution in [3.8, 4) is 0 Å². The van der Waals surface area contributed by atoms with E-state index >= 15 is 0 Å². The molecular weight excluding hydrogens is 550 g/mol. The Kier molecular flexibility index (Phi) is 14.7. The van der Waals surface area contributed by atoms with E-state index in [0.29, 0.717) is 6.42 Å². The molecule has 2 aromatic rings. The summed E-state index contributed by atoms with van der Waals surface area (Å²) in [6.45, 7) is 10.3. The molecule has 10 heteroatoms. The van der Waals surface area contributed by atoms with Crippen LogP contribution < -0.4 is 16.0 Å². The number of amides is 3. The smallest absolute Gasteiger partial charge is 0.408 e. The van der Waals surface area contributed by atoms with E-state index in [1.54, 1.807) is 19.9 Å². The molecule has 0 fully saturated rings. The van der Waals surface area contributed by atoms with Crippen LogP contribution in [0.15, 0.2) is 86.0 Å². The molecule has 10 nitrogen and oxygen atoms in total. The van der Waals surface area contributed by atoms with Gasteiger partial charge < -0.3 is 30.5 Å². The standard InChI is InChI=1S/C33H43N3O7/c1-5-13-26(20-29(38)34-27(21-37)19-24-15-9-7-10-16-24)30(39)36-33(3,4)23-43-31(40)28(14-6-2)35-32(41)42-22-25-17-11-8-12-18-25/h5-12,15-18,26-28,37H,1-2,13-14,19-23H2,3-4H3,(H,34,38)(H,35,41)(H,36,39)/t26-,27-,28-/m1/s1. The van der Waals surface area contributed by atoms with Crippen molar-refractivity contribution in [1.82, 2.24) is 16.0 Å². The quantitative estimate of drug-likeness (QED) is 0.153. The molecule has 0 bridgehead atoms. The first-order valence-electron chi connectivity index (χ1n) is 14.2. The second kappa shape index (κ2) is 18.2. The molecular formula is C33H43N3O7. The number of rotatable bonds is 18. The summed E-state index contributed by atoms with van der Waals surface area (Å²) < 4.78 is 10.6. The summed E-state index contributed by atoms with van der Waals surface area (Å²) in [6.07, 6.45) is 2.94. The van der Waals surface area contributed by atoms with Gasteiger partial charge in [0, 0.05) is 6.42 Å². The lowest BCUT2D eigenvalue weighted by Crippen LogP contribution is -2.51. The number of hydrogen-bond donors (Lipinski definition) is 4. The maximum Gasteiger partial charge on any atom is 0.408 e. The van der Waals surface area contributed by atoms with E-state index in [0.717, 1.165) is 11.1 Å². The molecule has 0 heterocycles. The van der Waals surface area contributed by atoms with E-state index in [9.17, 15) is 24.3 Å². The number of esters is 1. The topological polar surface area (TPSA) is 143 Å². The van der Waals surface area contributed by atoms with Crippen LogP contribution in [0.25, 0.3) is 0 Å². The minimum absolute atomic E-state index is 0.0408. The molecule has 232 valence electrons. The van der Waals surface area contributed by atoms with Crippen LogP contribution in [0.1, 0.15) is 44.2 Å². The first kappa shape index (κ1) is 34.8. The van der Waals surface area contributed by atoms with Gasteiger partial charge in [0.1, 0.15) is 19.3 Å². The van der Waals surface area contributed by atoms with Gasteiger partial charge in [0.25, 0.3) is 0 Å². The number of benzene rings is 2. The Hall–Kier alpha value is -4.44. The van der Waals surface area contributed by atoms with E-state index in [-0.39, 0.29) is 45.0 Å². The Balaban J connectivity index is 1.88. The van der Waals surface area contributed by atoms with Crippen LogP contribution in [0.2, 0.25) is 0 Å². The molecule has 0 saturated carbocycles. The predicted octanol–water partition coefficient (Wildman–Crippen LogP) is 3.60. The Morgan fingerprint density at radius 2 is 1.49 bits per heavy atom. The molecule has 0 unspecified atom stereocenters. The third-order valence-electron chi connectivity index (χ3n) is 6.39. The van der Waals surface area contributed by atoms with Gasteiger partial charge in [0.2, 0.25) is 11.8 Å². The summed E-state index contributed by atoms with van der Waals surface area (Å²) in [5.74, 6) is -2.23. The number of nitrogens with one attached hydrogen (secondary N) is 3. The first-order valence-corrected chi connectivity index (χ1v) is 14.2. The maximum atomic E-state index is 13.1. The monoisotopic (exact) mass is 593 g/mol. The molecule has 2 aromatic carbocycles. The number of ether oxygens (including phenoxy) is 2. The minimum atomic E-state index is -1.03. The minimum Gasteiger partial charge on any atom is -0.462 e. The van der Waals surface area contributed by atoms with Crippen molar-refractivity contribution >= 4 is 23.9 Å². The Morgan fingerprint density at radius 3 is 2.07 bits per heavy atom. The van der Waals surface area contributed by atoms with E-state index in [2.05, 4.69) is 29.1 Å². The summed E-state index contributed by atoms with van der Waals surface area (Å²) in [6, 6.07) is 17.1. The molecule has 2 rings (SSSR count). The van der Waals surface area contributed by atoms with Gasteiger partial charge in [0.15, 0.2) is 0 Å². The fraction of sp³-hybridized carbons (Fsp3) is 0.394. The fourth-order valence-corrected chi connectivity index (χ4v) is 4.17. The van der Waals surface area contributed by atoms with Gasteiger partial charge in [0.05, 0.1) is 24.1 Å². The van der Waals surface area contributed by atoms with Gasteiger partial charge in [-0.1, -0.05) is 72.8 Å². The van der Waals surface area contributed by atoms with Gasteiger partial charge in [-0.3, -0.25) is 9.59 Å². The van der Waals surface area contributed by atoms with Crippen molar-refractivity contribution in [2.45, 2.75) is 63.8 Å². The van der Waals surface area contributed by atoms with E-state index in [4.69, 9.17) is 9.47 Å². The summed E-state index contributed by atoms with van der Waals surface area (Å²) in [5.41, 5.74) is 0.773. The lowest BCUT2D eigenvalue weighted by atomic mass is 9.97. The highest BCUT2D eigenvalue weighted by atomic mass is 16.6. The van der Waals surface area contributed by atoms with Crippen molar-refractivity contribution in [3.05, 3.63) is 97.1 Å².